The molecule has 1 amide bonds. The second-order valence-corrected chi connectivity index (χ2v) is 6.88. The van der Waals surface area contributed by atoms with Crippen LogP contribution in [0.15, 0.2) is 53.4 Å². The number of hydrogen-bond acceptors (Lipinski definition) is 5. The maximum atomic E-state index is 12.8. The Morgan fingerprint density at radius 3 is 2.12 bits per heavy atom. The Morgan fingerprint density at radius 1 is 1.00 bits per heavy atom. The third-order valence-electron chi connectivity index (χ3n) is 3.12. The first-order valence-electron chi connectivity index (χ1n) is 7.05. The molecule has 0 saturated carbocycles. The first-order valence-corrected chi connectivity index (χ1v) is 8.59. The highest BCUT2D eigenvalue weighted by Crippen LogP contribution is 2.19. The zero-order valence-electron chi connectivity index (χ0n) is 13.0. The van der Waals surface area contributed by atoms with Gasteiger partial charge in [0.2, 0.25) is 9.84 Å². The number of amides is 1. The van der Waals surface area contributed by atoms with E-state index in [1.807, 2.05) is 0 Å². The summed E-state index contributed by atoms with van der Waals surface area (Å²) in [6.07, 6.45) is 0. The van der Waals surface area contributed by atoms with Gasteiger partial charge >= 0.3 is 11.7 Å². The summed E-state index contributed by atoms with van der Waals surface area (Å²) in [6.45, 7) is -0.646. The van der Waals surface area contributed by atoms with Gasteiger partial charge in [-0.05, 0) is 48.5 Å². The zero-order chi connectivity index (χ0) is 19.3. The Balaban J connectivity index is 1.93. The predicted molar refractivity (Wildman–Crippen MR) is 84.9 cm³/mol. The summed E-state index contributed by atoms with van der Waals surface area (Å²) < 4.78 is 64.9. The zero-order valence-corrected chi connectivity index (χ0v) is 13.8. The molecule has 26 heavy (non-hydrogen) atoms. The summed E-state index contributed by atoms with van der Waals surface area (Å²) in [5.74, 6) is -5.68. The van der Waals surface area contributed by atoms with Crippen molar-refractivity contribution >= 4 is 27.4 Å². The summed E-state index contributed by atoms with van der Waals surface area (Å²) in [5, 5.41) is 2.37. The van der Waals surface area contributed by atoms with Crippen LogP contribution in [0.25, 0.3) is 0 Å². The Kier molecular flexibility index (Phi) is 5.98. The highest BCUT2D eigenvalue weighted by molar-refractivity contribution is 7.91. The number of halogens is 3. The van der Waals surface area contributed by atoms with Crippen molar-refractivity contribution in [2.45, 2.75) is 10.7 Å². The van der Waals surface area contributed by atoms with Gasteiger partial charge < -0.3 is 10.1 Å². The molecule has 138 valence electrons. The predicted octanol–water partition coefficient (Wildman–Crippen LogP) is 2.62. The second-order valence-electron chi connectivity index (χ2n) is 4.96. The summed E-state index contributed by atoms with van der Waals surface area (Å²) in [7, 11) is -4.76. The molecular weight excluding hydrogens is 375 g/mol. The molecule has 0 aliphatic rings. The first-order chi connectivity index (χ1) is 12.2. The fourth-order valence-electron chi connectivity index (χ4n) is 1.83. The molecule has 0 aromatic heterocycles. The van der Waals surface area contributed by atoms with Crippen LogP contribution in [0.3, 0.4) is 0 Å². The average molecular weight is 387 g/mol. The minimum Gasteiger partial charge on any atom is -0.452 e. The lowest BCUT2D eigenvalue weighted by Crippen LogP contribution is -2.21. The van der Waals surface area contributed by atoms with Gasteiger partial charge in [0, 0.05) is 5.69 Å². The van der Waals surface area contributed by atoms with Crippen LogP contribution in [0.1, 0.15) is 10.4 Å². The quantitative estimate of drug-likeness (QED) is 0.770. The Labute approximate surface area is 146 Å². The molecule has 1 N–H and O–H groups in total. The molecule has 10 heteroatoms. The van der Waals surface area contributed by atoms with Gasteiger partial charge in [0.25, 0.3) is 5.91 Å². The number of rotatable bonds is 6. The number of anilines is 1. The van der Waals surface area contributed by atoms with Crippen LogP contribution >= 0.6 is 0 Å². The van der Waals surface area contributed by atoms with Crippen LogP contribution in [-0.4, -0.2) is 32.7 Å². The minimum atomic E-state index is -4.76. The fraction of sp³-hybridized carbons (Fsp3) is 0.125. The number of sulfone groups is 1. The number of hydrogen-bond donors (Lipinski definition) is 1. The van der Waals surface area contributed by atoms with Crippen LogP contribution in [0.2, 0.25) is 0 Å². The van der Waals surface area contributed by atoms with E-state index < -0.39 is 44.8 Å². The molecule has 0 heterocycles. The number of alkyl halides is 2. The standard InChI is InChI=1S/C16H12F3NO5S/c17-11-3-5-12(6-4-11)20-14(21)9-25-15(22)10-1-7-13(8-2-10)26(23,24)16(18)19/h1-8,16H,9H2,(H,20,21). The smallest absolute Gasteiger partial charge is 0.341 e. The van der Waals surface area contributed by atoms with Crippen molar-refractivity contribution in [1.82, 2.24) is 0 Å². The van der Waals surface area contributed by atoms with Crippen LogP contribution in [-0.2, 0) is 19.4 Å². The number of ether oxygens (including phenoxy) is 1. The highest BCUT2D eigenvalue weighted by atomic mass is 32.2. The van der Waals surface area contributed by atoms with E-state index in [-0.39, 0.29) is 5.56 Å². The lowest BCUT2D eigenvalue weighted by Gasteiger charge is -2.07. The summed E-state index contributed by atoms with van der Waals surface area (Å²) in [4.78, 5) is 22.8. The molecule has 0 aliphatic carbocycles. The molecule has 6 nitrogen and oxygen atoms in total. The van der Waals surface area contributed by atoms with E-state index >= 15 is 0 Å². The molecule has 0 bridgehead atoms. The number of carbonyl (C=O) groups is 2. The fourth-order valence-corrected chi connectivity index (χ4v) is 2.55. The number of esters is 1. The molecule has 0 radical (unpaired) electrons. The van der Waals surface area contributed by atoms with E-state index in [0.717, 1.165) is 36.4 Å². The molecule has 2 aromatic rings. The van der Waals surface area contributed by atoms with Crippen molar-refractivity contribution in [3.63, 3.8) is 0 Å². The van der Waals surface area contributed by atoms with Gasteiger partial charge in [-0.1, -0.05) is 0 Å². The number of nitrogens with one attached hydrogen (secondary N) is 1. The van der Waals surface area contributed by atoms with Gasteiger partial charge in [0.1, 0.15) is 5.82 Å². The normalized spacial score (nSPS) is 11.2. The first kappa shape index (κ1) is 19.4. The van der Waals surface area contributed by atoms with Gasteiger partial charge in [0.15, 0.2) is 6.61 Å². The van der Waals surface area contributed by atoms with E-state index in [2.05, 4.69) is 5.32 Å². The topological polar surface area (TPSA) is 89.5 Å². The summed E-state index contributed by atoms with van der Waals surface area (Å²) >= 11 is 0. The average Bonchev–Trinajstić information content (AvgIpc) is 2.61. The van der Waals surface area contributed by atoms with Crippen molar-refractivity contribution < 1.29 is 35.9 Å². The largest absolute Gasteiger partial charge is 0.452 e. The highest BCUT2D eigenvalue weighted by Gasteiger charge is 2.26. The molecule has 0 saturated heterocycles. The Hall–Kier alpha value is -2.88. The van der Waals surface area contributed by atoms with E-state index in [1.54, 1.807) is 0 Å². The monoisotopic (exact) mass is 387 g/mol. The molecule has 0 spiro atoms. The van der Waals surface area contributed by atoms with E-state index in [9.17, 15) is 31.2 Å². The molecule has 0 aliphatic heterocycles. The van der Waals surface area contributed by atoms with Gasteiger partial charge in [0.05, 0.1) is 10.5 Å². The molecule has 0 unspecified atom stereocenters. The maximum Gasteiger partial charge on any atom is 0.341 e. The van der Waals surface area contributed by atoms with Crippen LogP contribution in [0.4, 0.5) is 18.9 Å². The van der Waals surface area contributed by atoms with Crippen molar-refractivity contribution in [2.24, 2.45) is 0 Å². The van der Waals surface area contributed by atoms with Gasteiger partial charge in [-0.2, -0.15) is 8.78 Å². The SMILES string of the molecule is O=C(COC(=O)c1ccc(S(=O)(=O)C(F)F)cc1)Nc1ccc(F)cc1. The van der Waals surface area contributed by atoms with Crippen molar-refractivity contribution in [3.8, 4) is 0 Å². The molecular formula is C16H12F3NO5S. The van der Waals surface area contributed by atoms with Gasteiger partial charge in [-0.25, -0.2) is 17.6 Å². The number of carbonyl (C=O) groups excluding carboxylic acids is 2. The molecule has 2 aromatic carbocycles. The number of benzene rings is 2. The van der Waals surface area contributed by atoms with Crippen LogP contribution < -0.4 is 5.32 Å². The molecule has 0 fully saturated rings. The van der Waals surface area contributed by atoms with E-state index in [0.29, 0.717) is 5.69 Å². The molecule has 2 rings (SSSR count). The van der Waals surface area contributed by atoms with Crippen LogP contribution in [0.5, 0.6) is 0 Å². The van der Waals surface area contributed by atoms with Crippen molar-refractivity contribution in [1.29, 1.82) is 0 Å². The third-order valence-corrected chi connectivity index (χ3v) is 4.51. The van der Waals surface area contributed by atoms with Crippen molar-refractivity contribution in [2.75, 3.05) is 11.9 Å². The lowest BCUT2D eigenvalue weighted by atomic mass is 10.2. The lowest BCUT2D eigenvalue weighted by molar-refractivity contribution is -0.119. The second kappa shape index (κ2) is 8.00. The van der Waals surface area contributed by atoms with Crippen LogP contribution in [0, 0.1) is 5.82 Å². The summed E-state index contributed by atoms with van der Waals surface area (Å²) in [6, 6.07) is 8.58. The Morgan fingerprint density at radius 2 is 1.58 bits per heavy atom. The van der Waals surface area contributed by atoms with E-state index in [1.165, 1.54) is 12.1 Å². The third kappa shape index (κ3) is 4.82. The van der Waals surface area contributed by atoms with Gasteiger partial charge in [-0.15, -0.1) is 0 Å². The van der Waals surface area contributed by atoms with E-state index in [4.69, 9.17) is 4.74 Å². The van der Waals surface area contributed by atoms with Crippen molar-refractivity contribution in [3.05, 3.63) is 59.9 Å². The maximum absolute atomic E-state index is 12.8. The summed E-state index contributed by atoms with van der Waals surface area (Å²) in [5.41, 5.74) is 0.182. The van der Waals surface area contributed by atoms with Gasteiger partial charge in [-0.3, -0.25) is 4.79 Å². The minimum absolute atomic E-state index is 0.118. The Bertz CT molecular complexity index is 896. The molecule has 0 atom stereocenters.